The van der Waals surface area contributed by atoms with Crippen molar-refractivity contribution in [2.75, 3.05) is 106 Å². The Balaban J connectivity index is 1.13. The number of nitrogens with zero attached hydrogens (tertiary/aromatic N) is 5. The molecule has 0 aromatic heterocycles. The Labute approximate surface area is 392 Å². The largest absolute Gasteiger partial charge is 0.497 e. The number of amides is 2. The third-order valence-corrected chi connectivity index (χ3v) is 10.8. The van der Waals surface area contributed by atoms with E-state index in [0.717, 1.165) is 58.0 Å². The fraction of sp³-hybridized carbons (Fsp3) is 0.490. The van der Waals surface area contributed by atoms with Gasteiger partial charge in [-0.1, -0.05) is 48.5 Å². The quantitative estimate of drug-likeness (QED) is 0.0384. The van der Waals surface area contributed by atoms with Gasteiger partial charge in [0.15, 0.2) is 12.6 Å². The number of ether oxygens (including phenoxy) is 8. The van der Waals surface area contributed by atoms with Crippen molar-refractivity contribution < 1.29 is 47.5 Å². The molecule has 15 heteroatoms. The number of carbonyl (C=O) groups is 2. The molecule has 0 heterocycles. The molecule has 4 aromatic rings. The van der Waals surface area contributed by atoms with Crippen LogP contribution in [-0.4, -0.2) is 142 Å². The van der Waals surface area contributed by atoms with E-state index in [0.29, 0.717) is 39.4 Å². The second-order valence-electron chi connectivity index (χ2n) is 16.6. The van der Waals surface area contributed by atoms with Crippen LogP contribution in [0.4, 0.5) is 21.0 Å². The molecule has 2 amide bonds. The van der Waals surface area contributed by atoms with Crippen LogP contribution in [0.25, 0.3) is 0 Å². The molecular weight excluding hydrogens is 843 g/mol. The third-order valence-electron chi connectivity index (χ3n) is 10.8. The molecule has 0 saturated carbocycles. The lowest BCUT2D eigenvalue weighted by molar-refractivity contribution is -0.144. The van der Waals surface area contributed by atoms with Crippen LogP contribution in [0.5, 0.6) is 11.5 Å². The normalized spacial score (nSPS) is 12.5. The maximum absolute atomic E-state index is 13.3. The van der Waals surface area contributed by atoms with Gasteiger partial charge in [0, 0.05) is 71.8 Å². The first-order valence-electron chi connectivity index (χ1n) is 22.5. The molecular formula is C51H73N5O10. The Morgan fingerprint density at radius 2 is 0.833 bits per heavy atom. The summed E-state index contributed by atoms with van der Waals surface area (Å²) in [5.74, 6) is 1.45. The van der Waals surface area contributed by atoms with E-state index in [1.165, 1.54) is 0 Å². The van der Waals surface area contributed by atoms with Crippen LogP contribution in [0.2, 0.25) is 0 Å². The van der Waals surface area contributed by atoms with Crippen molar-refractivity contribution in [2.24, 2.45) is 0 Å². The van der Waals surface area contributed by atoms with Gasteiger partial charge in [-0.25, -0.2) is 9.59 Å². The van der Waals surface area contributed by atoms with Crippen molar-refractivity contribution in [3.05, 3.63) is 119 Å². The summed E-state index contributed by atoms with van der Waals surface area (Å²) in [6.07, 6.45) is -0.343. The zero-order valence-corrected chi connectivity index (χ0v) is 40.8. The van der Waals surface area contributed by atoms with Gasteiger partial charge in [0.2, 0.25) is 0 Å². The minimum atomic E-state index is -0.489. The number of hydrogen-bond acceptors (Lipinski definition) is 13. The van der Waals surface area contributed by atoms with Crippen molar-refractivity contribution in [2.45, 2.75) is 71.5 Å². The number of methoxy groups -OCH3 is 2. The van der Waals surface area contributed by atoms with E-state index in [9.17, 15) is 9.59 Å². The summed E-state index contributed by atoms with van der Waals surface area (Å²) in [5.41, 5.74) is 5.99. The molecule has 15 nitrogen and oxygen atoms in total. The van der Waals surface area contributed by atoms with Gasteiger partial charge in [0.1, 0.15) is 24.7 Å². The molecule has 0 spiro atoms. The lowest BCUT2D eigenvalue weighted by atomic mass is 10.1. The highest BCUT2D eigenvalue weighted by molar-refractivity contribution is 5.68. The average Bonchev–Trinajstić information content (AvgIpc) is 3.31. The Bertz CT molecular complexity index is 1860. The Kier molecular flexibility index (Phi) is 22.9. The number of benzene rings is 4. The van der Waals surface area contributed by atoms with Crippen LogP contribution in [-0.2, 0) is 54.6 Å². The lowest BCUT2D eigenvalue weighted by Gasteiger charge is -2.26. The van der Waals surface area contributed by atoms with E-state index in [1.807, 2.05) is 163 Å². The van der Waals surface area contributed by atoms with E-state index in [1.54, 1.807) is 24.0 Å². The molecule has 2 unspecified atom stereocenters. The molecule has 2 atom stereocenters. The molecule has 0 bridgehead atoms. The van der Waals surface area contributed by atoms with E-state index in [4.69, 9.17) is 37.9 Å². The van der Waals surface area contributed by atoms with Crippen molar-refractivity contribution >= 4 is 23.6 Å². The maximum Gasteiger partial charge on any atom is 0.410 e. The van der Waals surface area contributed by atoms with Gasteiger partial charge < -0.3 is 52.6 Å². The highest BCUT2D eigenvalue weighted by Crippen LogP contribution is 2.21. The smallest absolute Gasteiger partial charge is 0.410 e. The zero-order valence-electron chi connectivity index (χ0n) is 40.8. The van der Waals surface area contributed by atoms with Gasteiger partial charge >= 0.3 is 12.2 Å². The molecule has 0 radical (unpaired) electrons. The fourth-order valence-corrected chi connectivity index (χ4v) is 6.96. The van der Waals surface area contributed by atoms with Gasteiger partial charge in [-0.05, 0) is 112 Å². The summed E-state index contributed by atoms with van der Waals surface area (Å²) in [6.45, 7) is 6.61. The SMILES string of the molecule is COc1cccc(CN(Cc2ccc(N(C)C)cc2)C(=O)OCCOC(C)OCCC(CCOC(C)OCCOC(=O)N(Cc2ccc(N(C)C)cc2)Cc2cccc(OC)c2)N(C)C)c1. The van der Waals surface area contributed by atoms with Gasteiger partial charge in [0.25, 0.3) is 0 Å². The van der Waals surface area contributed by atoms with Crippen LogP contribution < -0.4 is 19.3 Å². The van der Waals surface area contributed by atoms with Crippen LogP contribution in [0, 0.1) is 0 Å². The summed E-state index contributed by atoms with van der Waals surface area (Å²) in [6, 6.07) is 31.7. The molecule has 0 aliphatic heterocycles. The molecule has 4 aromatic carbocycles. The molecule has 4 rings (SSSR count). The van der Waals surface area contributed by atoms with E-state index < -0.39 is 24.8 Å². The van der Waals surface area contributed by atoms with Gasteiger partial charge in [-0.3, -0.25) is 9.80 Å². The van der Waals surface area contributed by atoms with Gasteiger partial charge in [0.05, 0.1) is 40.6 Å². The van der Waals surface area contributed by atoms with Crippen molar-refractivity contribution in [3.63, 3.8) is 0 Å². The van der Waals surface area contributed by atoms with Crippen molar-refractivity contribution in [1.29, 1.82) is 0 Å². The summed E-state index contributed by atoms with van der Waals surface area (Å²) >= 11 is 0. The molecule has 0 saturated heterocycles. The second kappa shape index (κ2) is 28.5. The maximum atomic E-state index is 13.3. The Hall–Kier alpha value is -5.58. The second-order valence-corrected chi connectivity index (χ2v) is 16.6. The molecule has 0 fully saturated rings. The first-order valence-corrected chi connectivity index (χ1v) is 22.5. The van der Waals surface area contributed by atoms with Gasteiger partial charge in [-0.15, -0.1) is 0 Å². The first kappa shape index (κ1) is 53.0. The molecule has 0 aliphatic rings. The van der Waals surface area contributed by atoms with E-state index >= 15 is 0 Å². The third kappa shape index (κ3) is 19.1. The highest BCUT2D eigenvalue weighted by Gasteiger charge is 2.20. The number of anilines is 2. The predicted octanol–water partition coefficient (Wildman–Crippen LogP) is 8.28. The average molecular weight is 916 g/mol. The topological polar surface area (TPSA) is 124 Å². The summed E-state index contributed by atoms with van der Waals surface area (Å²) in [5, 5.41) is 0. The number of carbonyl (C=O) groups excluding carboxylic acids is 2. The zero-order chi connectivity index (χ0) is 47.8. The molecule has 0 aliphatic carbocycles. The highest BCUT2D eigenvalue weighted by atomic mass is 16.7. The summed E-state index contributed by atoms with van der Waals surface area (Å²) in [7, 11) is 15.3. The minimum Gasteiger partial charge on any atom is -0.497 e. The molecule has 66 heavy (non-hydrogen) atoms. The number of hydrogen-bond donors (Lipinski definition) is 0. The van der Waals surface area contributed by atoms with Crippen LogP contribution in [0.15, 0.2) is 97.1 Å². The standard InChI is InChI=1S/C51H73N5O10/c1-39(63-29-31-65-50(57)55(37-43-13-11-15-48(33-43)59-9)35-41-17-21-45(22-18-41)52(3)4)61-27-25-47(54(7)8)26-28-62-40(2)64-30-32-66-51(58)56(38-44-14-12-16-49(34-44)60-10)36-42-19-23-46(24-20-42)53(5)6/h11-24,33-34,39-40,47H,25-32,35-38H2,1-10H3. The monoisotopic (exact) mass is 916 g/mol. The predicted molar refractivity (Wildman–Crippen MR) is 258 cm³/mol. The molecule has 0 N–H and O–H groups in total. The minimum absolute atomic E-state index is 0.0795. The van der Waals surface area contributed by atoms with Crippen LogP contribution >= 0.6 is 0 Å². The number of rotatable bonds is 29. The Morgan fingerprint density at radius 1 is 0.470 bits per heavy atom. The van der Waals surface area contributed by atoms with E-state index in [-0.39, 0.29) is 32.5 Å². The molecule has 362 valence electrons. The Morgan fingerprint density at radius 3 is 1.18 bits per heavy atom. The lowest BCUT2D eigenvalue weighted by Crippen LogP contribution is -2.33. The van der Waals surface area contributed by atoms with Crippen LogP contribution in [0.1, 0.15) is 48.9 Å². The van der Waals surface area contributed by atoms with Gasteiger partial charge in [-0.2, -0.15) is 0 Å². The van der Waals surface area contributed by atoms with Crippen molar-refractivity contribution in [1.82, 2.24) is 14.7 Å². The summed E-state index contributed by atoms with van der Waals surface area (Å²) < 4.78 is 45.7. The van der Waals surface area contributed by atoms with E-state index in [2.05, 4.69) is 4.90 Å². The fourth-order valence-electron chi connectivity index (χ4n) is 6.96. The first-order chi connectivity index (χ1) is 31.7. The van der Waals surface area contributed by atoms with Crippen LogP contribution in [0.3, 0.4) is 0 Å². The van der Waals surface area contributed by atoms with Crippen molar-refractivity contribution in [3.8, 4) is 11.5 Å². The summed E-state index contributed by atoms with van der Waals surface area (Å²) in [4.78, 5) is 36.2.